The second kappa shape index (κ2) is 5.07. The Hall–Kier alpha value is -1.79. The SMILES string of the molecule is COc1cc(-n2c(=O)[nH]c(Cl)c(F)c2=O)ccc1Cl. The van der Waals surface area contributed by atoms with E-state index in [-0.39, 0.29) is 11.4 Å². The molecule has 0 fully saturated rings. The van der Waals surface area contributed by atoms with Gasteiger partial charge in [-0.2, -0.15) is 4.39 Å². The molecule has 8 heteroatoms. The van der Waals surface area contributed by atoms with Crippen molar-refractivity contribution in [2.24, 2.45) is 0 Å². The van der Waals surface area contributed by atoms with Crippen LogP contribution in [0.15, 0.2) is 27.8 Å². The zero-order chi connectivity index (χ0) is 14.2. The van der Waals surface area contributed by atoms with E-state index in [2.05, 4.69) is 0 Å². The fourth-order valence-corrected chi connectivity index (χ4v) is 1.87. The van der Waals surface area contributed by atoms with Gasteiger partial charge in [0.2, 0.25) is 5.82 Å². The minimum absolute atomic E-state index is 0.114. The summed E-state index contributed by atoms with van der Waals surface area (Å²) in [5.41, 5.74) is -1.90. The number of hydrogen-bond acceptors (Lipinski definition) is 3. The van der Waals surface area contributed by atoms with Crippen LogP contribution < -0.4 is 16.0 Å². The van der Waals surface area contributed by atoms with Crippen LogP contribution in [0.1, 0.15) is 0 Å². The van der Waals surface area contributed by atoms with Crippen molar-refractivity contribution in [3.05, 3.63) is 55.0 Å². The van der Waals surface area contributed by atoms with Crippen LogP contribution in [0, 0.1) is 5.82 Å². The zero-order valence-corrected chi connectivity index (χ0v) is 11.0. The minimum atomic E-state index is -1.24. The summed E-state index contributed by atoms with van der Waals surface area (Å²) in [6.45, 7) is 0. The van der Waals surface area contributed by atoms with Gasteiger partial charge in [0.1, 0.15) is 5.75 Å². The molecule has 0 amide bonds. The van der Waals surface area contributed by atoms with E-state index in [0.717, 1.165) is 0 Å². The first kappa shape index (κ1) is 13.6. The van der Waals surface area contributed by atoms with Crippen LogP contribution in [0.5, 0.6) is 5.75 Å². The first-order chi connectivity index (χ1) is 8.95. The van der Waals surface area contributed by atoms with Gasteiger partial charge in [0.05, 0.1) is 17.8 Å². The molecule has 0 saturated heterocycles. The topological polar surface area (TPSA) is 64.1 Å². The van der Waals surface area contributed by atoms with Crippen molar-refractivity contribution < 1.29 is 9.13 Å². The van der Waals surface area contributed by atoms with Gasteiger partial charge in [-0.25, -0.2) is 9.36 Å². The average Bonchev–Trinajstić information content (AvgIpc) is 2.38. The molecule has 100 valence electrons. The van der Waals surface area contributed by atoms with Crippen molar-refractivity contribution in [1.82, 2.24) is 9.55 Å². The smallest absolute Gasteiger partial charge is 0.334 e. The molecule has 2 aromatic rings. The van der Waals surface area contributed by atoms with Gasteiger partial charge in [0.25, 0.3) is 5.56 Å². The van der Waals surface area contributed by atoms with Gasteiger partial charge in [-0.3, -0.25) is 9.78 Å². The maximum atomic E-state index is 13.4. The Balaban J connectivity index is 2.76. The van der Waals surface area contributed by atoms with Crippen molar-refractivity contribution >= 4 is 23.2 Å². The highest BCUT2D eigenvalue weighted by atomic mass is 35.5. The van der Waals surface area contributed by atoms with Gasteiger partial charge in [0, 0.05) is 6.07 Å². The molecule has 0 atom stereocenters. The summed E-state index contributed by atoms with van der Waals surface area (Å²) in [5, 5.41) is -0.336. The normalized spacial score (nSPS) is 10.5. The second-order valence-electron chi connectivity index (χ2n) is 3.52. The lowest BCUT2D eigenvalue weighted by molar-refractivity contribution is 0.414. The molecular weight excluding hydrogens is 298 g/mol. The highest BCUT2D eigenvalue weighted by Gasteiger charge is 2.14. The first-order valence-electron chi connectivity index (χ1n) is 5.00. The molecule has 0 aliphatic carbocycles. The molecule has 5 nitrogen and oxygen atoms in total. The third-order valence-corrected chi connectivity index (χ3v) is 2.97. The lowest BCUT2D eigenvalue weighted by Gasteiger charge is -2.08. The third kappa shape index (κ3) is 2.36. The predicted octanol–water partition coefficient (Wildman–Crippen LogP) is 1.98. The van der Waals surface area contributed by atoms with Crippen molar-refractivity contribution in [2.75, 3.05) is 7.11 Å². The van der Waals surface area contributed by atoms with E-state index in [1.165, 1.54) is 25.3 Å². The summed E-state index contributed by atoms with van der Waals surface area (Å²) in [6, 6.07) is 4.15. The molecule has 1 aromatic carbocycles. The molecule has 0 aliphatic rings. The fraction of sp³-hybridized carbons (Fsp3) is 0.0909. The summed E-state index contributed by atoms with van der Waals surface area (Å²) < 4.78 is 19.0. The lowest BCUT2D eigenvalue weighted by Crippen LogP contribution is -2.35. The second-order valence-corrected chi connectivity index (χ2v) is 4.30. The monoisotopic (exact) mass is 304 g/mol. The summed E-state index contributed by atoms with van der Waals surface area (Å²) in [5.74, 6) is -0.990. The molecule has 2 rings (SSSR count). The van der Waals surface area contributed by atoms with Crippen LogP contribution in [-0.2, 0) is 0 Å². The Labute approximate surface area is 116 Å². The third-order valence-electron chi connectivity index (χ3n) is 2.40. The Kier molecular flexibility index (Phi) is 3.64. The predicted molar refractivity (Wildman–Crippen MR) is 69.2 cm³/mol. The number of nitrogens with one attached hydrogen (secondary N) is 1. The minimum Gasteiger partial charge on any atom is -0.495 e. The van der Waals surface area contributed by atoms with Crippen LogP contribution in [0.25, 0.3) is 5.69 Å². The maximum absolute atomic E-state index is 13.4. The highest BCUT2D eigenvalue weighted by Crippen LogP contribution is 2.25. The van der Waals surface area contributed by atoms with Crippen LogP contribution >= 0.6 is 23.2 Å². The number of aromatic amines is 1. The van der Waals surface area contributed by atoms with Gasteiger partial charge >= 0.3 is 5.69 Å². The maximum Gasteiger partial charge on any atom is 0.334 e. The van der Waals surface area contributed by atoms with Crippen LogP contribution in [0.4, 0.5) is 4.39 Å². The summed E-state index contributed by atoms with van der Waals surface area (Å²) in [6.07, 6.45) is 0. The molecule has 1 aromatic heterocycles. The van der Waals surface area contributed by atoms with Crippen LogP contribution in [0.3, 0.4) is 0 Å². The molecule has 0 radical (unpaired) electrons. The molecular formula is C11H7Cl2FN2O3. The van der Waals surface area contributed by atoms with Gasteiger partial charge < -0.3 is 4.74 Å². The highest BCUT2D eigenvalue weighted by molar-refractivity contribution is 6.32. The van der Waals surface area contributed by atoms with E-state index in [1.54, 1.807) is 0 Å². The number of hydrogen-bond donors (Lipinski definition) is 1. The van der Waals surface area contributed by atoms with E-state index in [4.69, 9.17) is 27.9 Å². The van der Waals surface area contributed by atoms with Gasteiger partial charge in [0.15, 0.2) is 5.15 Å². The quantitative estimate of drug-likeness (QED) is 0.863. The van der Waals surface area contributed by atoms with E-state index >= 15 is 0 Å². The summed E-state index contributed by atoms with van der Waals surface area (Å²) in [7, 11) is 1.38. The van der Waals surface area contributed by atoms with Crippen LogP contribution in [0.2, 0.25) is 10.2 Å². The number of methoxy groups -OCH3 is 1. The van der Waals surface area contributed by atoms with Crippen molar-refractivity contribution in [3.8, 4) is 11.4 Å². The van der Waals surface area contributed by atoms with Crippen molar-refractivity contribution in [3.63, 3.8) is 0 Å². The number of aromatic nitrogens is 2. The Morgan fingerprint density at radius 2 is 2.00 bits per heavy atom. The van der Waals surface area contributed by atoms with Crippen molar-refractivity contribution in [2.45, 2.75) is 0 Å². The van der Waals surface area contributed by atoms with Gasteiger partial charge in [-0.1, -0.05) is 23.2 Å². The van der Waals surface area contributed by atoms with Crippen molar-refractivity contribution in [1.29, 1.82) is 0 Å². The summed E-state index contributed by atoms with van der Waals surface area (Å²) >= 11 is 11.2. The fourth-order valence-electron chi connectivity index (χ4n) is 1.51. The number of halogens is 3. The lowest BCUT2D eigenvalue weighted by atomic mass is 10.3. The standard InChI is InChI=1S/C11H7Cl2FN2O3/c1-19-7-4-5(2-3-6(7)12)16-10(17)8(14)9(13)15-11(16)18/h2-4H,1H3,(H,15,18). The molecule has 19 heavy (non-hydrogen) atoms. The Bertz CT molecular complexity index is 755. The average molecular weight is 305 g/mol. The summed E-state index contributed by atoms with van der Waals surface area (Å²) in [4.78, 5) is 25.4. The van der Waals surface area contributed by atoms with E-state index in [1.807, 2.05) is 4.98 Å². The van der Waals surface area contributed by atoms with Crippen LogP contribution in [-0.4, -0.2) is 16.7 Å². The molecule has 1 N–H and O–H groups in total. The van der Waals surface area contributed by atoms with E-state index in [9.17, 15) is 14.0 Å². The largest absolute Gasteiger partial charge is 0.495 e. The molecule has 0 aliphatic heterocycles. The number of H-pyrrole nitrogens is 1. The van der Waals surface area contributed by atoms with E-state index in [0.29, 0.717) is 9.59 Å². The zero-order valence-electron chi connectivity index (χ0n) is 9.54. The Morgan fingerprint density at radius 1 is 1.32 bits per heavy atom. The molecule has 0 spiro atoms. The molecule has 0 saturated carbocycles. The number of rotatable bonds is 2. The Morgan fingerprint density at radius 3 is 2.63 bits per heavy atom. The molecule has 1 heterocycles. The molecule has 0 unspecified atom stereocenters. The van der Waals surface area contributed by atoms with Gasteiger partial charge in [-0.15, -0.1) is 0 Å². The number of benzene rings is 1. The van der Waals surface area contributed by atoms with Gasteiger partial charge in [-0.05, 0) is 12.1 Å². The van der Waals surface area contributed by atoms with E-state index < -0.39 is 22.2 Å². The first-order valence-corrected chi connectivity index (χ1v) is 5.75. The number of ether oxygens (including phenoxy) is 1. The molecule has 0 bridgehead atoms. The number of nitrogens with zero attached hydrogens (tertiary/aromatic N) is 1.